The predicted molar refractivity (Wildman–Crippen MR) is 71.2 cm³/mol. The number of carbonyl (C=O) groups excluding carboxylic acids is 1. The van der Waals surface area contributed by atoms with E-state index < -0.39 is 11.6 Å². The zero-order chi connectivity index (χ0) is 14.7. The molecule has 0 aliphatic heterocycles. The molecular weight excluding hydrogens is 266 g/mol. The van der Waals surface area contributed by atoms with Crippen LogP contribution in [0.3, 0.4) is 0 Å². The quantitative estimate of drug-likeness (QED) is 0.863. The van der Waals surface area contributed by atoms with Crippen molar-refractivity contribution in [1.82, 2.24) is 4.90 Å². The van der Waals surface area contributed by atoms with Gasteiger partial charge in [-0.3, -0.25) is 9.69 Å². The fourth-order valence-corrected chi connectivity index (χ4v) is 2.38. The first-order valence-electron chi connectivity index (χ1n) is 6.55. The van der Waals surface area contributed by atoms with E-state index in [1.807, 2.05) is 4.90 Å². The van der Waals surface area contributed by atoms with Gasteiger partial charge < -0.3 is 10.4 Å². The van der Waals surface area contributed by atoms with Crippen molar-refractivity contribution in [2.75, 3.05) is 25.5 Å². The van der Waals surface area contributed by atoms with Gasteiger partial charge in [0.2, 0.25) is 5.91 Å². The van der Waals surface area contributed by atoms with E-state index in [0.29, 0.717) is 5.92 Å². The highest BCUT2D eigenvalue weighted by molar-refractivity contribution is 5.92. The molecule has 1 amide bonds. The highest BCUT2D eigenvalue weighted by atomic mass is 19.1. The summed E-state index contributed by atoms with van der Waals surface area (Å²) < 4.78 is 26.1. The number of amides is 1. The zero-order valence-corrected chi connectivity index (χ0v) is 11.3. The van der Waals surface area contributed by atoms with Crippen molar-refractivity contribution >= 4 is 11.6 Å². The number of anilines is 1. The molecule has 0 unspecified atom stereocenters. The Balaban J connectivity index is 1.79. The number of likely N-dealkylation sites (N-methyl/N-ethyl adjacent to an activating group) is 1. The maximum atomic E-state index is 13.4. The second-order valence-electron chi connectivity index (χ2n) is 5.36. The molecule has 4 nitrogen and oxygen atoms in total. The Morgan fingerprint density at radius 3 is 2.75 bits per heavy atom. The maximum Gasteiger partial charge on any atom is 0.238 e. The van der Waals surface area contributed by atoms with Crippen LogP contribution in [0.1, 0.15) is 12.8 Å². The molecule has 110 valence electrons. The van der Waals surface area contributed by atoms with Crippen LogP contribution in [0.25, 0.3) is 0 Å². The topological polar surface area (TPSA) is 52.6 Å². The lowest BCUT2D eigenvalue weighted by Gasteiger charge is -2.34. The molecule has 1 fully saturated rings. The third-order valence-corrected chi connectivity index (χ3v) is 3.40. The molecule has 1 aliphatic rings. The van der Waals surface area contributed by atoms with E-state index >= 15 is 0 Å². The van der Waals surface area contributed by atoms with Crippen LogP contribution in [0.4, 0.5) is 14.5 Å². The summed E-state index contributed by atoms with van der Waals surface area (Å²) in [6.45, 7) is 0.847. The minimum absolute atomic E-state index is 0.0242. The highest BCUT2D eigenvalue weighted by Gasteiger charge is 2.28. The van der Waals surface area contributed by atoms with Gasteiger partial charge in [0, 0.05) is 12.6 Å². The Bertz CT molecular complexity index is 490. The van der Waals surface area contributed by atoms with E-state index in [-0.39, 0.29) is 24.2 Å². The normalized spacial score (nSPS) is 21.6. The standard InChI is InChI=1S/C14H18F2N2O2/c1-18(7-9-4-11(19)5-9)8-14(20)17-13-3-2-10(15)6-12(13)16/h2-3,6,9,11,19H,4-5,7-8H2,1H3,(H,17,20). The summed E-state index contributed by atoms with van der Waals surface area (Å²) in [5.74, 6) is -1.41. The van der Waals surface area contributed by atoms with Crippen molar-refractivity contribution in [1.29, 1.82) is 0 Å². The van der Waals surface area contributed by atoms with Crippen molar-refractivity contribution in [3.05, 3.63) is 29.8 Å². The Hall–Kier alpha value is -1.53. The fraction of sp³-hybridized carbons (Fsp3) is 0.500. The first-order valence-corrected chi connectivity index (χ1v) is 6.55. The van der Waals surface area contributed by atoms with Crippen molar-refractivity contribution in [3.63, 3.8) is 0 Å². The summed E-state index contributed by atoms with van der Waals surface area (Å²) in [6.07, 6.45) is 1.31. The number of aliphatic hydroxyl groups is 1. The smallest absolute Gasteiger partial charge is 0.238 e. The molecule has 2 rings (SSSR count). The molecule has 0 bridgehead atoms. The van der Waals surface area contributed by atoms with Crippen LogP contribution in [0.2, 0.25) is 0 Å². The van der Waals surface area contributed by atoms with Gasteiger partial charge in [0.15, 0.2) is 0 Å². The molecule has 20 heavy (non-hydrogen) atoms. The molecule has 0 radical (unpaired) electrons. The van der Waals surface area contributed by atoms with Crippen molar-refractivity contribution in [2.45, 2.75) is 18.9 Å². The van der Waals surface area contributed by atoms with E-state index in [9.17, 15) is 18.7 Å². The van der Waals surface area contributed by atoms with Crippen LogP contribution in [0.15, 0.2) is 18.2 Å². The lowest BCUT2D eigenvalue weighted by atomic mass is 9.82. The number of nitrogens with zero attached hydrogens (tertiary/aromatic N) is 1. The van der Waals surface area contributed by atoms with E-state index in [1.165, 1.54) is 6.07 Å². The van der Waals surface area contributed by atoms with E-state index in [2.05, 4.69) is 5.32 Å². The number of carbonyl (C=O) groups is 1. The lowest BCUT2D eigenvalue weighted by molar-refractivity contribution is -0.117. The van der Waals surface area contributed by atoms with Crippen LogP contribution in [0.5, 0.6) is 0 Å². The average Bonchev–Trinajstić information content (AvgIpc) is 2.30. The number of aliphatic hydroxyl groups excluding tert-OH is 1. The molecule has 0 aromatic heterocycles. The van der Waals surface area contributed by atoms with Crippen LogP contribution >= 0.6 is 0 Å². The third-order valence-electron chi connectivity index (χ3n) is 3.40. The van der Waals surface area contributed by atoms with Crippen molar-refractivity contribution in [3.8, 4) is 0 Å². The first kappa shape index (κ1) is 14.9. The van der Waals surface area contributed by atoms with Gasteiger partial charge in [0.25, 0.3) is 0 Å². The van der Waals surface area contributed by atoms with Gasteiger partial charge in [-0.25, -0.2) is 8.78 Å². The number of benzene rings is 1. The molecular formula is C14H18F2N2O2. The number of rotatable bonds is 5. The van der Waals surface area contributed by atoms with Crippen molar-refractivity contribution in [2.24, 2.45) is 5.92 Å². The van der Waals surface area contributed by atoms with E-state index in [4.69, 9.17) is 0 Å². The van der Waals surface area contributed by atoms with Gasteiger partial charge >= 0.3 is 0 Å². The number of hydrogen-bond donors (Lipinski definition) is 2. The van der Waals surface area contributed by atoms with Gasteiger partial charge in [-0.05, 0) is 37.9 Å². The summed E-state index contributed by atoms with van der Waals surface area (Å²) in [7, 11) is 1.80. The Morgan fingerprint density at radius 2 is 2.15 bits per heavy atom. The Labute approximate surface area is 116 Å². The van der Waals surface area contributed by atoms with Crippen LogP contribution < -0.4 is 5.32 Å². The van der Waals surface area contributed by atoms with E-state index in [1.54, 1.807) is 7.05 Å². The molecule has 0 atom stereocenters. The molecule has 0 spiro atoms. The summed E-state index contributed by atoms with van der Waals surface area (Å²) in [5, 5.41) is 11.6. The first-order chi connectivity index (χ1) is 9.44. The van der Waals surface area contributed by atoms with Crippen LogP contribution in [-0.2, 0) is 4.79 Å². The van der Waals surface area contributed by atoms with Crippen LogP contribution in [-0.4, -0.2) is 42.2 Å². The molecule has 2 N–H and O–H groups in total. The average molecular weight is 284 g/mol. The summed E-state index contributed by atoms with van der Waals surface area (Å²) in [6, 6.07) is 3.03. The van der Waals surface area contributed by atoms with Crippen LogP contribution in [0, 0.1) is 17.6 Å². The monoisotopic (exact) mass is 284 g/mol. The van der Waals surface area contributed by atoms with Gasteiger partial charge in [-0.1, -0.05) is 0 Å². The largest absolute Gasteiger partial charge is 0.393 e. The second kappa shape index (κ2) is 6.28. The number of halogens is 2. The van der Waals surface area contributed by atoms with E-state index in [0.717, 1.165) is 31.5 Å². The predicted octanol–water partition coefficient (Wildman–Crippen LogP) is 1.61. The fourth-order valence-electron chi connectivity index (χ4n) is 2.38. The zero-order valence-electron chi connectivity index (χ0n) is 11.3. The summed E-state index contributed by atoms with van der Waals surface area (Å²) in [5.41, 5.74) is -0.0242. The Morgan fingerprint density at radius 1 is 1.45 bits per heavy atom. The molecule has 1 aliphatic carbocycles. The molecule has 0 heterocycles. The number of hydrogen-bond acceptors (Lipinski definition) is 3. The number of nitrogens with one attached hydrogen (secondary N) is 1. The van der Waals surface area contributed by atoms with Gasteiger partial charge in [0.05, 0.1) is 18.3 Å². The minimum atomic E-state index is -0.789. The molecule has 1 saturated carbocycles. The van der Waals surface area contributed by atoms with Gasteiger partial charge in [-0.15, -0.1) is 0 Å². The van der Waals surface area contributed by atoms with Gasteiger partial charge in [0.1, 0.15) is 11.6 Å². The summed E-state index contributed by atoms with van der Waals surface area (Å²) >= 11 is 0. The molecule has 1 aromatic carbocycles. The maximum absolute atomic E-state index is 13.4. The molecule has 6 heteroatoms. The Kier molecular flexibility index (Phi) is 4.67. The molecule has 0 saturated heterocycles. The third kappa shape index (κ3) is 3.98. The summed E-state index contributed by atoms with van der Waals surface area (Å²) in [4.78, 5) is 13.6. The lowest BCUT2D eigenvalue weighted by Crippen LogP contribution is -2.40. The van der Waals surface area contributed by atoms with Gasteiger partial charge in [-0.2, -0.15) is 0 Å². The van der Waals surface area contributed by atoms with Crippen molar-refractivity contribution < 1.29 is 18.7 Å². The highest BCUT2D eigenvalue weighted by Crippen LogP contribution is 2.27. The second-order valence-corrected chi connectivity index (χ2v) is 5.36. The SMILES string of the molecule is CN(CC(=O)Nc1ccc(F)cc1F)CC1CC(O)C1. The molecule has 1 aromatic rings. The minimum Gasteiger partial charge on any atom is -0.393 e.